The van der Waals surface area contributed by atoms with E-state index < -0.39 is 5.97 Å². The summed E-state index contributed by atoms with van der Waals surface area (Å²) in [7, 11) is 1.46. The molecule has 1 heterocycles. The van der Waals surface area contributed by atoms with Crippen LogP contribution in [0, 0.1) is 6.92 Å². The predicted octanol–water partition coefficient (Wildman–Crippen LogP) is 6.22. The van der Waals surface area contributed by atoms with E-state index in [1.165, 1.54) is 12.0 Å². The molecule has 2 amide bonds. The Kier molecular flexibility index (Phi) is 7.19. The minimum atomic E-state index is -0.520. The molecule has 8 heteroatoms. The van der Waals surface area contributed by atoms with Crippen molar-refractivity contribution in [3.8, 4) is 11.5 Å². The third kappa shape index (κ3) is 5.24. The van der Waals surface area contributed by atoms with E-state index in [1.807, 2.05) is 49.4 Å². The smallest absolute Gasteiger partial charge is 0.343 e. The molecule has 1 aliphatic rings. The standard InChI is InChI=1S/C26H20BrNO5S/c1-16-8-10-19(11-9-16)25(30)33-23-20(27)12-18(13-21(23)32-2)14-22-24(29)28(26(31)34-22)15-17-6-4-3-5-7-17/h3-14H,15H2,1-2H3/b22-14-. The lowest BCUT2D eigenvalue weighted by atomic mass is 10.1. The van der Waals surface area contributed by atoms with Crippen molar-refractivity contribution in [2.45, 2.75) is 13.5 Å². The number of ether oxygens (including phenoxy) is 2. The number of imide groups is 1. The number of hydrogen-bond acceptors (Lipinski definition) is 6. The van der Waals surface area contributed by atoms with Gasteiger partial charge in [-0.1, -0.05) is 48.0 Å². The van der Waals surface area contributed by atoms with Crippen molar-refractivity contribution in [3.63, 3.8) is 0 Å². The molecule has 0 spiro atoms. The summed E-state index contributed by atoms with van der Waals surface area (Å²) in [6.45, 7) is 2.15. The molecule has 172 valence electrons. The second kappa shape index (κ2) is 10.3. The van der Waals surface area contributed by atoms with Gasteiger partial charge in [0.2, 0.25) is 0 Å². The predicted molar refractivity (Wildman–Crippen MR) is 135 cm³/mol. The number of methoxy groups -OCH3 is 1. The summed E-state index contributed by atoms with van der Waals surface area (Å²) in [6, 6.07) is 19.7. The van der Waals surface area contributed by atoms with Gasteiger partial charge in [-0.3, -0.25) is 14.5 Å². The molecule has 6 nitrogen and oxygen atoms in total. The molecule has 1 saturated heterocycles. The Balaban J connectivity index is 1.56. The minimum absolute atomic E-state index is 0.212. The summed E-state index contributed by atoms with van der Waals surface area (Å²) in [6.07, 6.45) is 1.62. The fourth-order valence-electron chi connectivity index (χ4n) is 3.32. The van der Waals surface area contributed by atoms with E-state index in [9.17, 15) is 14.4 Å². The number of carbonyl (C=O) groups is 3. The van der Waals surface area contributed by atoms with Gasteiger partial charge < -0.3 is 9.47 Å². The second-order valence-electron chi connectivity index (χ2n) is 7.54. The van der Waals surface area contributed by atoms with Crippen LogP contribution in [0.2, 0.25) is 0 Å². The van der Waals surface area contributed by atoms with E-state index in [0.717, 1.165) is 22.9 Å². The van der Waals surface area contributed by atoms with Crippen LogP contribution in [0.5, 0.6) is 11.5 Å². The lowest BCUT2D eigenvalue weighted by Crippen LogP contribution is -2.27. The number of nitrogens with zero attached hydrogens (tertiary/aromatic N) is 1. The average Bonchev–Trinajstić information content (AvgIpc) is 3.08. The van der Waals surface area contributed by atoms with Crippen molar-refractivity contribution in [2.75, 3.05) is 7.11 Å². The topological polar surface area (TPSA) is 72.9 Å². The Hall–Kier alpha value is -3.36. The first-order chi connectivity index (χ1) is 16.4. The maximum atomic E-state index is 12.9. The van der Waals surface area contributed by atoms with Crippen LogP contribution in [0.4, 0.5) is 4.79 Å². The normalized spacial score (nSPS) is 14.6. The van der Waals surface area contributed by atoms with Gasteiger partial charge in [0, 0.05) is 0 Å². The number of benzene rings is 3. The molecule has 3 aromatic rings. The number of carbonyl (C=O) groups excluding carboxylic acids is 3. The average molecular weight is 538 g/mol. The van der Waals surface area contributed by atoms with E-state index in [0.29, 0.717) is 26.3 Å². The van der Waals surface area contributed by atoms with E-state index in [-0.39, 0.29) is 23.4 Å². The number of aryl methyl sites for hydroxylation is 1. The first-order valence-corrected chi connectivity index (χ1v) is 11.9. The highest BCUT2D eigenvalue weighted by atomic mass is 79.9. The molecule has 0 N–H and O–H groups in total. The fourth-order valence-corrected chi connectivity index (χ4v) is 4.70. The van der Waals surface area contributed by atoms with Gasteiger partial charge in [-0.15, -0.1) is 0 Å². The first-order valence-electron chi connectivity index (χ1n) is 10.3. The molecule has 1 fully saturated rings. The van der Waals surface area contributed by atoms with Gasteiger partial charge in [0.15, 0.2) is 11.5 Å². The Morgan fingerprint density at radius 3 is 2.44 bits per heavy atom. The van der Waals surface area contributed by atoms with Crippen molar-refractivity contribution in [1.82, 2.24) is 4.90 Å². The molecule has 0 unspecified atom stereocenters. The number of thioether (sulfide) groups is 1. The summed E-state index contributed by atoms with van der Waals surface area (Å²) < 4.78 is 11.5. The summed E-state index contributed by atoms with van der Waals surface area (Å²) in [5, 5.41) is -0.324. The summed E-state index contributed by atoms with van der Waals surface area (Å²) in [4.78, 5) is 39.4. The Morgan fingerprint density at radius 1 is 1.06 bits per heavy atom. The number of rotatable bonds is 6. The zero-order valence-corrected chi connectivity index (χ0v) is 20.8. The lowest BCUT2D eigenvalue weighted by Gasteiger charge is -2.13. The summed E-state index contributed by atoms with van der Waals surface area (Å²) >= 11 is 4.31. The second-order valence-corrected chi connectivity index (χ2v) is 9.39. The highest BCUT2D eigenvalue weighted by Crippen LogP contribution is 2.39. The largest absolute Gasteiger partial charge is 0.493 e. The molecule has 4 rings (SSSR count). The SMILES string of the molecule is COc1cc(/C=C2\SC(=O)N(Cc3ccccc3)C2=O)cc(Br)c1OC(=O)c1ccc(C)cc1. The van der Waals surface area contributed by atoms with Crippen LogP contribution >= 0.6 is 27.7 Å². The molecular formula is C26H20BrNO5S. The van der Waals surface area contributed by atoms with Crippen LogP contribution in [0.25, 0.3) is 6.08 Å². The zero-order valence-electron chi connectivity index (χ0n) is 18.4. The molecule has 1 aliphatic heterocycles. The Labute approximate surface area is 209 Å². The van der Waals surface area contributed by atoms with E-state index >= 15 is 0 Å². The van der Waals surface area contributed by atoms with Gasteiger partial charge in [-0.25, -0.2) is 4.79 Å². The van der Waals surface area contributed by atoms with Crippen molar-refractivity contribution >= 4 is 50.9 Å². The lowest BCUT2D eigenvalue weighted by molar-refractivity contribution is -0.123. The van der Waals surface area contributed by atoms with Gasteiger partial charge in [-0.05, 0) is 76.1 Å². The zero-order chi connectivity index (χ0) is 24.2. The van der Waals surface area contributed by atoms with E-state index in [2.05, 4.69) is 15.9 Å². The van der Waals surface area contributed by atoms with Gasteiger partial charge in [0.05, 0.1) is 28.6 Å². The molecule has 0 atom stereocenters. The van der Waals surface area contributed by atoms with Crippen LogP contribution in [0.1, 0.15) is 27.0 Å². The summed E-state index contributed by atoms with van der Waals surface area (Å²) in [5.41, 5.74) is 2.93. The van der Waals surface area contributed by atoms with Crippen LogP contribution in [-0.4, -0.2) is 29.1 Å². The third-order valence-electron chi connectivity index (χ3n) is 5.09. The molecular weight excluding hydrogens is 518 g/mol. The van der Waals surface area contributed by atoms with Gasteiger partial charge in [0.1, 0.15) is 0 Å². The van der Waals surface area contributed by atoms with Gasteiger partial charge >= 0.3 is 5.97 Å². The van der Waals surface area contributed by atoms with Gasteiger partial charge in [0.25, 0.3) is 11.1 Å². The van der Waals surface area contributed by atoms with Crippen LogP contribution in [-0.2, 0) is 11.3 Å². The molecule has 0 saturated carbocycles. The van der Waals surface area contributed by atoms with Crippen molar-refractivity contribution in [1.29, 1.82) is 0 Å². The Morgan fingerprint density at radius 2 is 1.76 bits per heavy atom. The van der Waals surface area contributed by atoms with Crippen molar-refractivity contribution in [2.24, 2.45) is 0 Å². The van der Waals surface area contributed by atoms with Gasteiger partial charge in [-0.2, -0.15) is 0 Å². The monoisotopic (exact) mass is 537 g/mol. The molecule has 0 aliphatic carbocycles. The highest BCUT2D eigenvalue weighted by molar-refractivity contribution is 9.10. The van der Waals surface area contributed by atoms with E-state index in [4.69, 9.17) is 9.47 Å². The highest BCUT2D eigenvalue weighted by Gasteiger charge is 2.35. The summed E-state index contributed by atoms with van der Waals surface area (Å²) in [5.74, 6) is -0.343. The number of halogens is 1. The molecule has 34 heavy (non-hydrogen) atoms. The number of hydrogen-bond donors (Lipinski definition) is 0. The van der Waals surface area contributed by atoms with Crippen LogP contribution < -0.4 is 9.47 Å². The van der Waals surface area contributed by atoms with Crippen LogP contribution in [0.3, 0.4) is 0 Å². The molecule has 0 bridgehead atoms. The quantitative estimate of drug-likeness (QED) is 0.211. The minimum Gasteiger partial charge on any atom is -0.493 e. The Bertz CT molecular complexity index is 1290. The third-order valence-corrected chi connectivity index (χ3v) is 6.59. The first kappa shape index (κ1) is 23.8. The maximum absolute atomic E-state index is 12.9. The number of amides is 2. The van der Waals surface area contributed by atoms with E-state index in [1.54, 1.807) is 30.3 Å². The number of esters is 1. The van der Waals surface area contributed by atoms with Crippen LogP contribution in [0.15, 0.2) is 76.1 Å². The van der Waals surface area contributed by atoms with Crippen molar-refractivity contribution in [3.05, 3.63) is 98.4 Å². The molecule has 3 aromatic carbocycles. The molecule has 0 radical (unpaired) electrons. The molecule has 0 aromatic heterocycles. The maximum Gasteiger partial charge on any atom is 0.343 e. The van der Waals surface area contributed by atoms with Crippen molar-refractivity contribution < 1.29 is 23.9 Å². The fraction of sp³-hybridized carbons (Fsp3) is 0.115.